The van der Waals surface area contributed by atoms with Crippen LogP contribution in [-0.4, -0.2) is 72.6 Å². The fourth-order valence-electron chi connectivity index (χ4n) is 3.56. The second kappa shape index (κ2) is 10.3. The molecule has 4 rings (SSSR count). The van der Waals surface area contributed by atoms with Gasteiger partial charge in [0.15, 0.2) is 28.2 Å². The highest BCUT2D eigenvalue weighted by Gasteiger charge is 2.31. The van der Waals surface area contributed by atoms with Gasteiger partial charge >= 0.3 is 0 Å². The van der Waals surface area contributed by atoms with Crippen LogP contribution >= 0.6 is 28.4 Å². The van der Waals surface area contributed by atoms with Gasteiger partial charge in [-0.1, -0.05) is 0 Å². The first-order chi connectivity index (χ1) is 14.5. The number of nitrogens with one attached hydrogen (secondary N) is 1. The summed E-state index contributed by atoms with van der Waals surface area (Å²) in [4.78, 5) is 36.3. The maximum absolute atomic E-state index is 9.68. The number of halogens is 1. The van der Waals surface area contributed by atoms with Crippen LogP contribution in [0.4, 0.5) is 5.82 Å². The van der Waals surface area contributed by atoms with E-state index in [1.165, 1.54) is 0 Å². The smallest absolute Gasteiger partial charge is 0.243 e. The second-order valence-electron chi connectivity index (χ2n) is 7.24. The number of imidazole rings is 1. The summed E-state index contributed by atoms with van der Waals surface area (Å²) < 4.78 is 18.4. The van der Waals surface area contributed by atoms with Crippen LogP contribution in [0.1, 0.15) is 31.1 Å². The van der Waals surface area contributed by atoms with Gasteiger partial charge in [0.05, 0.1) is 37.1 Å². The van der Waals surface area contributed by atoms with Gasteiger partial charge in [-0.25, -0.2) is 9.50 Å². The van der Waals surface area contributed by atoms with Gasteiger partial charge in [-0.05, 0) is 30.9 Å². The Kier molecular flexibility index (Phi) is 7.67. The van der Waals surface area contributed by atoms with Gasteiger partial charge in [0.1, 0.15) is 6.10 Å². The Morgan fingerprint density at radius 2 is 2.17 bits per heavy atom. The molecule has 14 heteroatoms. The first-order valence-corrected chi connectivity index (χ1v) is 12.8. The van der Waals surface area contributed by atoms with Crippen LogP contribution in [0.3, 0.4) is 0 Å². The Balaban J connectivity index is 1.41. The molecule has 2 aliphatic heterocycles. The third-order valence-corrected chi connectivity index (χ3v) is 7.63. The molecule has 0 spiro atoms. The summed E-state index contributed by atoms with van der Waals surface area (Å²) in [5, 5.41) is 7.71. The van der Waals surface area contributed by atoms with Crippen molar-refractivity contribution in [2.75, 3.05) is 37.6 Å². The van der Waals surface area contributed by atoms with Gasteiger partial charge in [0, 0.05) is 19.1 Å². The maximum atomic E-state index is 9.68. The van der Waals surface area contributed by atoms with Crippen molar-refractivity contribution in [1.29, 1.82) is 0 Å². The van der Waals surface area contributed by atoms with Crippen LogP contribution in [0.25, 0.3) is 5.65 Å². The molecule has 0 radical (unpaired) electrons. The Morgan fingerprint density at radius 3 is 2.93 bits per heavy atom. The molecule has 0 saturated carbocycles. The molecule has 2 aromatic heterocycles. The van der Waals surface area contributed by atoms with E-state index >= 15 is 0 Å². The van der Waals surface area contributed by atoms with Crippen molar-refractivity contribution < 1.29 is 28.7 Å². The number of anilines is 1. The molecule has 0 bridgehead atoms. The van der Waals surface area contributed by atoms with Crippen molar-refractivity contribution in [2.24, 2.45) is 5.92 Å². The van der Waals surface area contributed by atoms with Crippen LogP contribution in [0.15, 0.2) is 6.20 Å². The van der Waals surface area contributed by atoms with E-state index in [1.807, 2.05) is 0 Å². The summed E-state index contributed by atoms with van der Waals surface area (Å²) in [5.74, 6) is 0.852. The monoisotopic (exact) mass is 479 g/mol. The Labute approximate surface area is 180 Å². The Bertz CT molecular complexity index is 855. The predicted octanol–water partition coefficient (Wildman–Crippen LogP) is 2.02. The Morgan fingerprint density at radius 1 is 1.30 bits per heavy atom. The molecule has 30 heavy (non-hydrogen) atoms. The highest BCUT2D eigenvalue weighted by molar-refractivity contribution is 7.63. The lowest BCUT2D eigenvalue weighted by atomic mass is 10.1. The van der Waals surface area contributed by atoms with E-state index in [-0.39, 0.29) is 30.0 Å². The molecule has 2 saturated heterocycles. The Hall–Kier alpha value is -0.740. The molecule has 2 aliphatic rings. The van der Waals surface area contributed by atoms with Crippen LogP contribution in [0, 0.1) is 5.92 Å². The average Bonchev–Trinajstić information content (AvgIpc) is 3.44. The molecule has 4 N–H and O–H groups in total. The molecular weight excluding hydrogens is 456 g/mol. The first kappa shape index (κ1) is 22.5. The van der Waals surface area contributed by atoms with Crippen molar-refractivity contribution in [1.82, 2.24) is 19.6 Å². The van der Waals surface area contributed by atoms with Crippen molar-refractivity contribution in [3.63, 3.8) is 0 Å². The van der Waals surface area contributed by atoms with Crippen molar-refractivity contribution in [3.05, 3.63) is 17.2 Å². The average molecular weight is 480 g/mol. The zero-order valence-corrected chi connectivity index (χ0v) is 18.6. The molecule has 2 fully saturated rings. The lowest BCUT2D eigenvalue weighted by Crippen LogP contribution is -2.17. The molecule has 2 aromatic rings. The third-order valence-electron chi connectivity index (χ3n) is 5.04. The zero-order chi connectivity index (χ0) is 21.1. The van der Waals surface area contributed by atoms with Gasteiger partial charge in [0.2, 0.25) is 5.28 Å². The number of aromatic nitrogens is 4. The molecule has 166 valence electrons. The van der Waals surface area contributed by atoms with E-state index in [9.17, 15) is 4.89 Å². The van der Waals surface area contributed by atoms with Gasteiger partial charge in [-0.3, -0.25) is 0 Å². The van der Waals surface area contributed by atoms with Crippen molar-refractivity contribution >= 4 is 39.8 Å². The van der Waals surface area contributed by atoms with Crippen LogP contribution in [0.5, 0.6) is 0 Å². The van der Waals surface area contributed by atoms with Crippen LogP contribution in [0.2, 0.25) is 5.28 Å². The zero-order valence-electron chi connectivity index (χ0n) is 16.1. The van der Waals surface area contributed by atoms with E-state index < -0.39 is 16.8 Å². The third kappa shape index (κ3) is 5.54. The van der Waals surface area contributed by atoms with E-state index in [2.05, 4.69) is 20.4 Å². The van der Waals surface area contributed by atoms with E-state index in [0.717, 1.165) is 44.7 Å². The van der Waals surface area contributed by atoms with Crippen LogP contribution in [-0.2, 0) is 14.0 Å². The van der Waals surface area contributed by atoms with Gasteiger partial charge in [-0.15, -0.1) is 5.10 Å². The lowest BCUT2D eigenvalue weighted by Gasteiger charge is -2.16. The summed E-state index contributed by atoms with van der Waals surface area (Å²) in [6, 6.07) is 0. The summed E-state index contributed by atoms with van der Waals surface area (Å²) in [5.41, 5.74) is 1.35. The highest BCUT2D eigenvalue weighted by Crippen LogP contribution is 2.44. The second-order valence-corrected chi connectivity index (χ2v) is 10.4. The number of nitrogens with zero attached hydrogens (tertiary/aromatic N) is 4. The van der Waals surface area contributed by atoms with Crippen molar-refractivity contribution in [3.8, 4) is 0 Å². The molecule has 3 unspecified atom stereocenters. The molecule has 0 amide bonds. The molecule has 0 aliphatic carbocycles. The molecule has 11 nitrogen and oxygen atoms in total. The molecular formula is C16H24ClN5O6P2. The van der Waals surface area contributed by atoms with E-state index in [0.29, 0.717) is 17.4 Å². The SMILES string of the molecule is OP(O)CP(O)OCC1CC[C@H](c2cnc3c(NCC4CCOC4)nc(Cl)nn23)O1. The quantitative estimate of drug-likeness (QED) is 0.394. The lowest BCUT2D eigenvalue weighted by molar-refractivity contribution is 0.0151. The van der Waals surface area contributed by atoms with Gasteiger partial charge < -0.3 is 34.0 Å². The topological polar surface area (TPSA) is 143 Å². The minimum atomic E-state index is -2.17. The number of ether oxygens (including phenoxy) is 2. The minimum absolute atomic E-state index is 0.111. The predicted molar refractivity (Wildman–Crippen MR) is 111 cm³/mol. The normalized spacial score (nSPS) is 25.4. The fourth-order valence-corrected chi connectivity index (χ4v) is 5.25. The molecule has 4 heterocycles. The van der Waals surface area contributed by atoms with Gasteiger partial charge in [0.25, 0.3) is 0 Å². The minimum Gasteiger partial charge on any atom is -0.381 e. The summed E-state index contributed by atoms with van der Waals surface area (Å²) in [6.07, 6.45) is 3.74. The summed E-state index contributed by atoms with van der Waals surface area (Å²) >= 11 is 6.15. The van der Waals surface area contributed by atoms with E-state index in [1.54, 1.807) is 10.7 Å². The van der Waals surface area contributed by atoms with Gasteiger partial charge in [-0.2, -0.15) is 4.98 Å². The number of fused-ring (bicyclic) bond motifs is 1. The molecule has 0 aromatic carbocycles. The van der Waals surface area contributed by atoms with Crippen LogP contribution < -0.4 is 5.32 Å². The standard InChI is InChI=1S/C16H24ClN5O6P2/c17-16-20-14(18-5-10-3-4-26-7-10)15-19-6-12(22(15)21-16)13-2-1-11(28-13)8-27-30(25)9-29(23)24/h6,10-11,13,23-25H,1-5,7-9H2,(H,18,20,21)/t10?,11?,13-,30?/m1/s1. The highest BCUT2D eigenvalue weighted by atomic mass is 35.5. The van der Waals surface area contributed by atoms with E-state index in [4.69, 9.17) is 35.4 Å². The number of hydrogen-bond acceptors (Lipinski definition) is 10. The summed E-state index contributed by atoms with van der Waals surface area (Å²) in [7, 11) is -4.04. The maximum Gasteiger partial charge on any atom is 0.243 e. The fraction of sp³-hybridized carbons (Fsp3) is 0.688. The molecule has 4 atom stereocenters. The largest absolute Gasteiger partial charge is 0.381 e. The van der Waals surface area contributed by atoms with Crippen molar-refractivity contribution in [2.45, 2.75) is 31.5 Å². The number of rotatable bonds is 9. The summed E-state index contributed by atoms with van der Waals surface area (Å²) in [6.45, 7) is 2.42. The number of hydrogen-bond donors (Lipinski definition) is 4. The first-order valence-electron chi connectivity index (χ1n) is 9.62.